The van der Waals surface area contributed by atoms with E-state index in [9.17, 15) is 4.79 Å². The van der Waals surface area contributed by atoms with Crippen molar-refractivity contribution in [1.82, 2.24) is 4.98 Å². The van der Waals surface area contributed by atoms with E-state index in [1.165, 1.54) is 0 Å². The molecule has 0 saturated carbocycles. The third-order valence-electron chi connectivity index (χ3n) is 4.94. The molecule has 0 bridgehead atoms. The zero-order chi connectivity index (χ0) is 17.3. The van der Waals surface area contributed by atoms with Crippen LogP contribution >= 0.6 is 0 Å². The molecule has 0 aliphatic carbocycles. The molecule has 2 heterocycles. The van der Waals surface area contributed by atoms with E-state index in [1.807, 2.05) is 48.2 Å². The van der Waals surface area contributed by atoms with Crippen molar-refractivity contribution in [3.05, 3.63) is 53.7 Å². The zero-order valence-electron chi connectivity index (χ0n) is 14.8. The van der Waals surface area contributed by atoms with Crippen molar-refractivity contribution in [3.8, 4) is 0 Å². The summed E-state index contributed by atoms with van der Waals surface area (Å²) < 4.78 is 0. The number of aromatic nitrogens is 1. The molecule has 0 fully saturated rings. The third-order valence-corrected chi connectivity index (χ3v) is 4.94. The van der Waals surface area contributed by atoms with Gasteiger partial charge in [0.1, 0.15) is 5.82 Å². The first-order valence-corrected chi connectivity index (χ1v) is 8.61. The van der Waals surface area contributed by atoms with Crippen molar-refractivity contribution >= 4 is 17.4 Å². The van der Waals surface area contributed by atoms with Crippen molar-refractivity contribution in [3.63, 3.8) is 0 Å². The number of amides is 1. The van der Waals surface area contributed by atoms with Gasteiger partial charge in [-0.05, 0) is 37.1 Å². The van der Waals surface area contributed by atoms with Crippen LogP contribution in [0.5, 0.6) is 0 Å². The largest absolute Gasteiger partial charge is 0.363 e. The van der Waals surface area contributed by atoms with E-state index in [0.29, 0.717) is 0 Å². The van der Waals surface area contributed by atoms with Crippen LogP contribution < -0.4 is 10.2 Å². The van der Waals surface area contributed by atoms with E-state index in [1.54, 1.807) is 6.92 Å². The Kier molecular flexibility index (Phi) is 4.56. The van der Waals surface area contributed by atoms with Gasteiger partial charge in [0, 0.05) is 30.3 Å². The van der Waals surface area contributed by atoms with Gasteiger partial charge in [-0.2, -0.15) is 0 Å². The van der Waals surface area contributed by atoms with Crippen molar-refractivity contribution in [2.75, 3.05) is 10.2 Å². The predicted molar refractivity (Wildman–Crippen MR) is 98.2 cm³/mol. The molecule has 3 atom stereocenters. The molecule has 1 aliphatic rings. The zero-order valence-corrected chi connectivity index (χ0v) is 14.8. The van der Waals surface area contributed by atoms with Gasteiger partial charge in [-0.25, -0.2) is 4.98 Å². The second-order valence-electron chi connectivity index (χ2n) is 6.57. The summed E-state index contributed by atoms with van der Waals surface area (Å²) in [5, 5.41) is 3.60. The molecule has 1 amide bonds. The summed E-state index contributed by atoms with van der Waals surface area (Å²) in [6.07, 6.45) is 0.925. The minimum absolute atomic E-state index is 0.105. The minimum Gasteiger partial charge on any atom is -0.363 e. The molecule has 0 radical (unpaired) electrons. The molecule has 24 heavy (non-hydrogen) atoms. The topological polar surface area (TPSA) is 45.2 Å². The number of anilines is 2. The molecule has 3 rings (SSSR count). The van der Waals surface area contributed by atoms with E-state index in [0.717, 1.165) is 29.2 Å². The van der Waals surface area contributed by atoms with Gasteiger partial charge in [0.25, 0.3) is 0 Å². The number of carbonyl (C=O) groups excluding carboxylic acids is 1. The fourth-order valence-corrected chi connectivity index (χ4v) is 3.84. The van der Waals surface area contributed by atoms with Gasteiger partial charge in [-0.3, -0.25) is 4.79 Å². The van der Waals surface area contributed by atoms with Crippen molar-refractivity contribution < 1.29 is 4.79 Å². The first-order valence-electron chi connectivity index (χ1n) is 8.61. The van der Waals surface area contributed by atoms with E-state index in [2.05, 4.69) is 30.2 Å². The lowest BCUT2D eigenvalue weighted by Gasteiger charge is -2.45. The maximum Gasteiger partial charge on any atom is 0.224 e. The molecule has 4 nitrogen and oxygen atoms in total. The van der Waals surface area contributed by atoms with E-state index < -0.39 is 0 Å². The van der Waals surface area contributed by atoms with Crippen LogP contribution in [-0.2, 0) is 4.79 Å². The van der Waals surface area contributed by atoms with Gasteiger partial charge < -0.3 is 10.2 Å². The Morgan fingerprint density at radius 1 is 1.21 bits per heavy atom. The lowest BCUT2D eigenvalue weighted by Crippen LogP contribution is -2.49. The van der Waals surface area contributed by atoms with Crippen LogP contribution in [0.15, 0.2) is 42.5 Å². The van der Waals surface area contributed by atoms with Crippen molar-refractivity contribution in [2.24, 2.45) is 5.92 Å². The van der Waals surface area contributed by atoms with Gasteiger partial charge in [0.2, 0.25) is 5.91 Å². The summed E-state index contributed by atoms with van der Waals surface area (Å²) in [7, 11) is 0. The standard InChI is InChI=1S/C20H25N3O/c1-5-17-14(3)20(22-19-12-8-9-13(2)21-19)16-10-6-7-11-18(16)23(17)15(4)24/h6-12,14,17,20H,5H2,1-4H3,(H,21,22)/t14-,17-,20+/m1/s1. The van der Waals surface area contributed by atoms with E-state index in [4.69, 9.17) is 0 Å². The molecule has 0 saturated heterocycles. The number of fused-ring (bicyclic) bond motifs is 1. The number of rotatable bonds is 3. The van der Waals surface area contributed by atoms with Gasteiger partial charge in [0.15, 0.2) is 0 Å². The fourth-order valence-electron chi connectivity index (χ4n) is 3.84. The second-order valence-corrected chi connectivity index (χ2v) is 6.57. The molecule has 1 aromatic carbocycles. The quantitative estimate of drug-likeness (QED) is 0.914. The van der Waals surface area contributed by atoms with Crippen LogP contribution in [0.3, 0.4) is 0 Å². The maximum atomic E-state index is 12.3. The number of para-hydroxylation sites is 1. The molecule has 1 aliphatic heterocycles. The molecular formula is C20H25N3O. The lowest BCUT2D eigenvalue weighted by atomic mass is 9.81. The average Bonchev–Trinajstić information content (AvgIpc) is 2.56. The lowest BCUT2D eigenvalue weighted by molar-refractivity contribution is -0.117. The first-order chi connectivity index (χ1) is 11.5. The monoisotopic (exact) mass is 323 g/mol. The van der Waals surface area contributed by atoms with Crippen LogP contribution in [-0.4, -0.2) is 16.9 Å². The Labute approximate surface area is 143 Å². The molecular weight excluding hydrogens is 298 g/mol. The highest BCUT2D eigenvalue weighted by molar-refractivity contribution is 5.94. The number of hydrogen-bond donors (Lipinski definition) is 1. The smallest absolute Gasteiger partial charge is 0.224 e. The van der Waals surface area contributed by atoms with Crippen LogP contribution in [0.4, 0.5) is 11.5 Å². The summed E-state index contributed by atoms with van der Waals surface area (Å²) in [4.78, 5) is 18.8. The summed E-state index contributed by atoms with van der Waals surface area (Å²) >= 11 is 0. The Bertz CT molecular complexity index is 743. The molecule has 4 heteroatoms. The number of nitrogens with zero attached hydrogens (tertiary/aromatic N) is 2. The number of carbonyl (C=O) groups is 1. The number of nitrogens with one attached hydrogen (secondary N) is 1. The maximum absolute atomic E-state index is 12.3. The highest BCUT2D eigenvalue weighted by Crippen LogP contribution is 2.43. The van der Waals surface area contributed by atoms with Crippen molar-refractivity contribution in [2.45, 2.75) is 46.2 Å². The van der Waals surface area contributed by atoms with Gasteiger partial charge in [-0.15, -0.1) is 0 Å². The number of hydrogen-bond acceptors (Lipinski definition) is 3. The fraction of sp³-hybridized carbons (Fsp3) is 0.400. The normalized spacial score (nSPS) is 22.8. The Balaban J connectivity index is 2.05. The molecule has 2 aromatic rings. The molecule has 126 valence electrons. The van der Waals surface area contributed by atoms with Gasteiger partial charge in [-0.1, -0.05) is 38.1 Å². The van der Waals surface area contributed by atoms with Crippen molar-refractivity contribution in [1.29, 1.82) is 0 Å². The SMILES string of the molecule is CC[C@@H]1[C@@H](C)[C@H](Nc2cccc(C)n2)c2ccccc2N1C(C)=O. The Hall–Kier alpha value is -2.36. The summed E-state index contributed by atoms with van der Waals surface area (Å²) in [6.45, 7) is 8.01. The van der Waals surface area contributed by atoms with Crippen LogP contribution in [0.2, 0.25) is 0 Å². The van der Waals surface area contributed by atoms with E-state index >= 15 is 0 Å². The summed E-state index contributed by atoms with van der Waals surface area (Å²) in [5.41, 5.74) is 3.17. The second kappa shape index (κ2) is 6.63. The predicted octanol–water partition coefficient (Wildman–Crippen LogP) is 4.32. The highest BCUT2D eigenvalue weighted by atomic mass is 16.2. The average molecular weight is 323 g/mol. The van der Waals surface area contributed by atoms with Gasteiger partial charge >= 0.3 is 0 Å². The van der Waals surface area contributed by atoms with E-state index in [-0.39, 0.29) is 23.9 Å². The van der Waals surface area contributed by atoms with Crippen LogP contribution in [0.25, 0.3) is 0 Å². The van der Waals surface area contributed by atoms with Crippen LogP contribution in [0.1, 0.15) is 44.5 Å². The number of benzene rings is 1. The third kappa shape index (κ3) is 2.88. The first kappa shape index (κ1) is 16.5. The summed E-state index contributed by atoms with van der Waals surface area (Å²) in [6, 6.07) is 14.5. The number of pyridine rings is 1. The number of aryl methyl sites for hydroxylation is 1. The molecule has 0 unspecified atom stereocenters. The Morgan fingerprint density at radius 2 is 1.96 bits per heavy atom. The van der Waals surface area contributed by atoms with Crippen LogP contribution in [0, 0.1) is 12.8 Å². The molecule has 1 N–H and O–H groups in total. The highest BCUT2D eigenvalue weighted by Gasteiger charge is 2.39. The molecule has 0 spiro atoms. The Morgan fingerprint density at radius 3 is 2.62 bits per heavy atom. The molecule has 1 aromatic heterocycles. The van der Waals surface area contributed by atoms with Gasteiger partial charge in [0.05, 0.1) is 6.04 Å². The minimum atomic E-state index is 0.105. The summed E-state index contributed by atoms with van der Waals surface area (Å²) in [5.74, 6) is 1.28.